The van der Waals surface area contributed by atoms with Gasteiger partial charge >= 0.3 is 5.69 Å². The van der Waals surface area contributed by atoms with Gasteiger partial charge in [0.05, 0.1) is 42.3 Å². The van der Waals surface area contributed by atoms with Gasteiger partial charge in [0.25, 0.3) is 0 Å². The molecule has 0 aliphatic carbocycles. The Bertz CT molecular complexity index is 2040. The Morgan fingerprint density at radius 1 is 1.08 bits per heavy atom. The Morgan fingerprint density at radius 2 is 1.92 bits per heavy atom. The quantitative estimate of drug-likeness (QED) is 0.169. The van der Waals surface area contributed by atoms with Crippen molar-refractivity contribution < 1.29 is 19.3 Å². The van der Waals surface area contributed by atoms with Gasteiger partial charge < -0.3 is 23.9 Å². The zero-order valence-electron chi connectivity index (χ0n) is 28.4. The molecule has 13 heteroatoms. The topological polar surface area (TPSA) is 109 Å². The summed E-state index contributed by atoms with van der Waals surface area (Å²) in [5.74, 6) is -0.295. The van der Waals surface area contributed by atoms with Crippen molar-refractivity contribution in [2.24, 2.45) is 0 Å². The molecule has 0 amide bonds. The minimum Gasteiger partial charge on any atom is -0.491 e. The summed E-state index contributed by atoms with van der Waals surface area (Å²) in [7, 11) is 0. The van der Waals surface area contributed by atoms with Crippen molar-refractivity contribution in [3.63, 3.8) is 0 Å². The van der Waals surface area contributed by atoms with Crippen molar-refractivity contribution in [1.29, 1.82) is 0 Å². The highest BCUT2D eigenvalue weighted by atomic mass is 35.5. The summed E-state index contributed by atoms with van der Waals surface area (Å²) >= 11 is 12.8. The van der Waals surface area contributed by atoms with E-state index in [0.29, 0.717) is 35.4 Å². The summed E-state index contributed by atoms with van der Waals surface area (Å²) in [5, 5.41) is 15.0. The van der Waals surface area contributed by atoms with Crippen LogP contribution in [0.1, 0.15) is 42.1 Å². The summed E-state index contributed by atoms with van der Waals surface area (Å²) < 4.78 is 23.8. The molecule has 266 valence electrons. The fourth-order valence-corrected chi connectivity index (χ4v) is 7.01. The number of benzene rings is 3. The number of halogens is 2. The average molecular weight is 732 g/mol. The standard InChI is InChI=1S/C38H40Cl2N6O5/c1-26(27(2)47)46-37(48)45(25-42-46)32-9-5-28(6-10-32)4-3-15-43-16-13-29-18-33(11-7-30(29)20-43)49-21-34-22-50-38(51-34,23-44-17-14-41-24-44)35-12-8-31(39)19-36(35)40/h3-12,14,17-19,24-27,34,47H,13,15-16,20-23H2,1-2H3/t26-,27+,34+,38+/m0/s1. The molecule has 0 radical (unpaired) electrons. The number of aromatic nitrogens is 5. The Balaban J connectivity index is 0.922. The smallest absolute Gasteiger partial charge is 0.350 e. The second-order valence-corrected chi connectivity index (χ2v) is 13.9. The van der Waals surface area contributed by atoms with Crippen molar-refractivity contribution >= 4 is 29.3 Å². The van der Waals surface area contributed by atoms with Gasteiger partial charge in [0, 0.05) is 42.6 Å². The average Bonchev–Trinajstić information content (AvgIpc) is 3.88. The largest absolute Gasteiger partial charge is 0.491 e. The van der Waals surface area contributed by atoms with Crippen LogP contribution in [0.2, 0.25) is 10.0 Å². The highest BCUT2D eigenvalue weighted by Gasteiger charge is 2.45. The fraction of sp³-hybridized carbons (Fsp3) is 0.342. The highest BCUT2D eigenvalue weighted by Crippen LogP contribution is 2.40. The molecule has 0 spiro atoms. The van der Waals surface area contributed by atoms with Crippen LogP contribution < -0.4 is 10.4 Å². The molecule has 0 saturated carbocycles. The Labute approximate surface area is 306 Å². The predicted molar refractivity (Wildman–Crippen MR) is 195 cm³/mol. The summed E-state index contributed by atoms with van der Waals surface area (Å²) in [6.45, 7) is 7.08. The van der Waals surface area contributed by atoms with Crippen LogP contribution in [-0.2, 0) is 34.8 Å². The second kappa shape index (κ2) is 15.2. The Morgan fingerprint density at radius 3 is 2.69 bits per heavy atom. The summed E-state index contributed by atoms with van der Waals surface area (Å²) in [4.78, 5) is 19.3. The van der Waals surface area contributed by atoms with Gasteiger partial charge in [-0.05, 0) is 73.4 Å². The van der Waals surface area contributed by atoms with Crippen LogP contribution in [0.25, 0.3) is 11.8 Å². The third-order valence-corrected chi connectivity index (χ3v) is 10.0. The summed E-state index contributed by atoms with van der Waals surface area (Å²) in [6.07, 6.45) is 11.0. The van der Waals surface area contributed by atoms with Gasteiger partial charge in [0.15, 0.2) is 0 Å². The molecule has 1 N–H and O–H groups in total. The van der Waals surface area contributed by atoms with Crippen molar-refractivity contribution in [3.05, 3.63) is 135 Å². The van der Waals surface area contributed by atoms with E-state index in [2.05, 4.69) is 39.3 Å². The van der Waals surface area contributed by atoms with Gasteiger partial charge in [-0.15, -0.1) is 0 Å². The number of ether oxygens (including phenoxy) is 3. The van der Waals surface area contributed by atoms with E-state index in [0.717, 1.165) is 43.1 Å². The number of nitrogens with zero attached hydrogens (tertiary/aromatic N) is 6. The zero-order valence-corrected chi connectivity index (χ0v) is 30.0. The summed E-state index contributed by atoms with van der Waals surface area (Å²) in [6, 6.07) is 19.0. The molecule has 2 aliphatic rings. The highest BCUT2D eigenvalue weighted by molar-refractivity contribution is 6.35. The van der Waals surface area contributed by atoms with Crippen molar-refractivity contribution in [2.45, 2.75) is 57.4 Å². The molecule has 4 atom stereocenters. The lowest BCUT2D eigenvalue weighted by molar-refractivity contribution is -0.189. The molecule has 2 aromatic heterocycles. The molecule has 51 heavy (non-hydrogen) atoms. The van der Waals surface area contributed by atoms with Crippen LogP contribution in [0, 0.1) is 0 Å². The first-order valence-electron chi connectivity index (χ1n) is 17.0. The van der Waals surface area contributed by atoms with E-state index in [4.69, 9.17) is 37.4 Å². The Hall–Kier alpha value is -4.23. The van der Waals surface area contributed by atoms with Crippen molar-refractivity contribution in [2.75, 3.05) is 26.3 Å². The second-order valence-electron chi connectivity index (χ2n) is 13.1. The van der Waals surface area contributed by atoms with E-state index in [1.807, 2.05) is 47.2 Å². The molecule has 4 heterocycles. The van der Waals surface area contributed by atoms with Crippen LogP contribution in [0.4, 0.5) is 0 Å². The van der Waals surface area contributed by atoms with Gasteiger partial charge in [-0.2, -0.15) is 5.10 Å². The first-order chi connectivity index (χ1) is 24.7. The normalized spacial score (nSPS) is 20.5. The molecule has 11 nitrogen and oxygen atoms in total. The van der Waals surface area contributed by atoms with E-state index in [-0.39, 0.29) is 11.8 Å². The molecule has 1 fully saturated rings. The molecular weight excluding hydrogens is 691 g/mol. The first-order valence-corrected chi connectivity index (χ1v) is 17.7. The van der Waals surface area contributed by atoms with Crippen molar-refractivity contribution in [3.8, 4) is 11.4 Å². The van der Waals surface area contributed by atoms with Crippen LogP contribution in [0.3, 0.4) is 0 Å². The zero-order chi connectivity index (χ0) is 35.5. The number of hydrogen-bond donors (Lipinski definition) is 1. The molecule has 0 bridgehead atoms. The molecule has 5 aromatic rings. The van der Waals surface area contributed by atoms with E-state index < -0.39 is 17.9 Å². The van der Waals surface area contributed by atoms with Crippen LogP contribution in [0.15, 0.2) is 96.6 Å². The van der Waals surface area contributed by atoms with Crippen LogP contribution in [-0.4, -0.2) is 72.4 Å². The number of rotatable bonds is 12. The molecule has 3 aromatic carbocycles. The van der Waals surface area contributed by atoms with Gasteiger partial charge in [-0.25, -0.2) is 19.0 Å². The lowest BCUT2D eigenvalue weighted by Gasteiger charge is -2.30. The minimum absolute atomic E-state index is 0.280. The molecule has 1 saturated heterocycles. The number of fused-ring (bicyclic) bond motifs is 1. The minimum atomic E-state index is -1.10. The maximum Gasteiger partial charge on any atom is 0.350 e. The molecule has 0 unspecified atom stereocenters. The van der Waals surface area contributed by atoms with Gasteiger partial charge in [0.1, 0.15) is 24.8 Å². The number of aliphatic hydroxyl groups is 1. The van der Waals surface area contributed by atoms with Gasteiger partial charge in [0.2, 0.25) is 5.79 Å². The first kappa shape index (κ1) is 35.2. The lowest BCUT2D eigenvalue weighted by Crippen LogP contribution is -2.34. The van der Waals surface area contributed by atoms with Gasteiger partial charge in [-0.1, -0.05) is 59.6 Å². The lowest BCUT2D eigenvalue weighted by atomic mass is 9.99. The Kier molecular flexibility index (Phi) is 10.5. The van der Waals surface area contributed by atoms with Gasteiger partial charge in [-0.3, -0.25) is 4.90 Å². The SMILES string of the molecule is C[C@@H](O)[C@H](C)n1ncn(-c2ccc(C=CCN3CCc4cc(OC[C@@H]5CO[C@@](Cn6ccnc6)(c6ccc(Cl)cc6Cl)O5)ccc4C3)cc2)c1=O. The maximum absolute atomic E-state index is 12.8. The van der Waals surface area contributed by atoms with Crippen LogP contribution in [0.5, 0.6) is 5.75 Å². The third-order valence-electron chi connectivity index (χ3n) is 9.48. The maximum atomic E-state index is 12.8. The van der Waals surface area contributed by atoms with Crippen molar-refractivity contribution in [1.82, 2.24) is 28.8 Å². The third kappa shape index (κ3) is 7.84. The number of imidazole rings is 1. The number of hydrogen-bond acceptors (Lipinski definition) is 8. The van der Waals surface area contributed by atoms with E-state index in [1.54, 1.807) is 38.5 Å². The molecule has 7 rings (SSSR count). The van der Waals surface area contributed by atoms with E-state index in [9.17, 15) is 9.90 Å². The fourth-order valence-electron chi connectivity index (χ4n) is 6.46. The monoisotopic (exact) mass is 730 g/mol. The molecule has 2 aliphatic heterocycles. The van der Waals surface area contributed by atoms with E-state index in [1.165, 1.54) is 26.7 Å². The predicted octanol–water partition coefficient (Wildman–Crippen LogP) is 5.90. The number of aliphatic hydroxyl groups excluding tert-OH is 1. The van der Waals surface area contributed by atoms with E-state index >= 15 is 0 Å². The van der Waals surface area contributed by atoms with Crippen LogP contribution >= 0.6 is 23.2 Å². The summed E-state index contributed by atoms with van der Waals surface area (Å²) in [5.41, 5.74) is 4.77. The molecular formula is C38H40Cl2N6O5.